The largest absolute Gasteiger partial charge is 0.508 e. The molecule has 24 heavy (non-hydrogen) atoms. The van der Waals surface area contributed by atoms with Gasteiger partial charge in [-0.05, 0) is 48.9 Å². The van der Waals surface area contributed by atoms with E-state index in [1.165, 1.54) is 4.90 Å². The minimum absolute atomic E-state index is 0.0369. The zero-order chi connectivity index (χ0) is 16.7. The van der Waals surface area contributed by atoms with Crippen LogP contribution in [0.2, 0.25) is 0 Å². The lowest BCUT2D eigenvalue weighted by Gasteiger charge is -2.17. The number of hydrogen-bond acceptors (Lipinski definition) is 4. The number of hydrogen-bond donors (Lipinski definition) is 2. The molecular weight excluding hydrogens is 304 g/mol. The third-order valence-corrected chi connectivity index (χ3v) is 5.54. The molecule has 2 aliphatic carbocycles. The molecule has 1 aliphatic heterocycles. The fourth-order valence-electron chi connectivity index (χ4n) is 4.45. The van der Waals surface area contributed by atoms with Gasteiger partial charge in [-0.2, -0.15) is 0 Å². The first-order valence-electron chi connectivity index (χ1n) is 8.67. The molecule has 3 aliphatic rings. The Bertz CT molecular complexity index is 670. The Labute approximate surface area is 141 Å². The lowest BCUT2D eigenvalue weighted by atomic mass is 9.85. The molecule has 2 N–H and O–H groups in total. The second kappa shape index (κ2) is 6.06. The molecule has 0 aromatic heterocycles. The molecule has 5 nitrogen and oxygen atoms in total. The molecule has 2 bridgehead atoms. The fraction of sp³-hybridized carbons (Fsp3) is 0.474. The van der Waals surface area contributed by atoms with Crippen molar-refractivity contribution in [3.8, 4) is 5.75 Å². The van der Waals surface area contributed by atoms with Crippen molar-refractivity contribution >= 4 is 11.8 Å². The van der Waals surface area contributed by atoms with Crippen molar-refractivity contribution in [2.24, 2.45) is 23.7 Å². The summed E-state index contributed by atoms with van der Waals surface area (Å²) >= 11 is 0. The van der Waals surface area contributed by atoms with Gasteiger partial charge in [0.1, 0.15) is 5.75 Å². The van der Waals surface area contributed by atoms with E-state index in [9.17, 15) is 14.7 Å². The highest BCUT2D eigenvalue weighted by molar-refractivity contribution is 6.06. The third-order valence-electron chi connectivity index (χ3n) is 5.54. The van der Waals surface area contributed by atoms with E-state index in [0.29, 0.717) is 13.1 Å². The van der Waals surface area contributed by atoms with Gasteiger partial charge in [0.05, 0.1) is 11.8 Å². The summed E-state index contributed by atoms with van der Waals surface area (Å²) in [7, 11) is 0. The number of imide groups is 1. The van der Waals surface area contributed by atoms with Crippen LogP contribution in [0.4, 0.5) is 0 Å². The zero-order valence-corrected chi connectivity index (χ0v) is 13.5. The molecule has 1 aromatic carbocycles. The summed E-state index contributed by atoms with van der Waals surface area (Å²) in [4.78, 5) is 26.5. The van der Waals surface area contributed by atoms with Gasteiger partial charge in [0, 0.05) is 13.1 Å². The first-order chi connectivity index (χ1) is 11.6. The van der Waals surface area contributed by atoms with Crippen molar-refractivity contribution in [3.63, 3.8) is 0 Å². The quantitative estimate of drug-likeness (QED) is 0.474. The van der Waals surface area contributed by atoms with E-state index in [0.717, 1.165) is 24.9 Å². The van der Waals surface area contributed by atoms with E-state index in [2.05, 4.69) is 17.5 Å². The maximum absolute atomic E-state index is 12.5. The van der Waals surface area contributed by atoms with Crippen LogP contribution < -0.4 is 5.32 Å². The maximum Gasteiger partial charge on any atom is 0.233 e. The minimum Gasteiger partial charge on any atom is -0.508 e. The number of likely N-dealkylation sites (tertiary alicyclic amines) is 1. The number of nitrogens with zero attached hydrogens (tertiary/aromatic N) is 1. The third kappa shape index (κ3) is 2.53. The second-order valence-corrected chi connectivity index (χ2v) is 7.03. The average molecular weight is 326 g/mol. The van der Waals surface area contributed by atoms with Crippen LogP contribution in [-0.4, -0.2) is 34.9 Å². The van der Waals surface area contributed by atoms with Gasteiger partial charge in [0.15, 0.2) is 0 Å². The number of aromatic hydroxyl groups is 1. The first-order valence-corrected chi connectivity index (χ1v) is 8.67. The summed E-state index contributed by atoms with van der Waals surface area (Å²) in [5, 5.41) is 12.7. The molecule has 126 valence electrons. The van der Waals surface area contributed by atoms with Crippen molar-refractivity contribution in [2.45, 2.75) is 19.4 Å². The molecule has 2 amide bonds. The number of carbonyl (C=O) groups is 2. The Kier molecular flexibility index (Phi) is 3.88. The number of phenolic OH excluding ortho intramolecular Hbond substituents is 1. The number of benzene rings is 1. The summed E-state index contributed by atoms with van der Waals surface area (Å²) < 4.78 is 0. The second-order valence-electron chi connectivity index (χ2n) is 7.03. The van der Waals surface area contributed by atoms with Crippen molar-refractivity contribution in [2.75, 3.05) is 13.1 Å². The lowest BCUT2D eigenvalue weighted by molar-refractivity contribution is -0.140. The molecule has 1 saturated carbocycles. The molecule has 1 saturated heterocycles. The molecule has 1 heterocycles. The Morgan fingerprint density at radius 3 is 2.50 bits per heavy atom. The highest BCUT2D eigenvalue weighted by Crippen LogP contribution is 2.52. The molecule has 0 spiro atoms. The SMILES string of the molecule is O=C1C2C3C=CC(C3)C2C(=O)N1CCCNCc1cccc(O)c1. The monoisotopic (exact) mass is 326 g/mol. The molecular formula is C19H22N2O3. The van der Waals surface area contributed by atoms with Crippen LogP contribution in [0.5, 0.6) is 5.75 Å². The Morgan fingerprint density at radius 2 is 1.83 bits per heavy atom. The molecule has 5 heteroatoms. The van der Waals surface area contributed by atoms with Crippen LogP contribution in [-0.2, 0) is 16.1 Å². The van der Waals surface area contributed by atoms with Gasteiger partial charge in [-0.3, -0.25) is 14.5 Å². The summed E-state index contributed by atoms with van der Waals surface area (Å²) in [6.45, 7) is 1.89. The van der Waals surface area contributed by atoms with Gasteiger partial charge in [0.25, 0.3) is 0 Å². The maximum atomic E-state index is 12.5. The van der Waals surface area contributed by atoms with Crippen LogP contribution in [0.25, 0.3) is 0 Å². The first kappa shape index (κ1) is 15.4. The van der Waals surface area contributed by atoms with Crippen molar-refractivity contribution in [1.82, 2.24) is 10.2 Å². The fourth-order valence-corrected chi connectivity index (χ4v) is 4.45. The van der Waals surface area contributed by atoms with Gasteiger partial charge in [-0.15, -0.1) is 0 Å². The zero-order valence-electron chi connectivity index (χ0n) is 13.5. The smallest absolute Gasteiger partial charge is 0.233 e. The minimum atomic E-state index is -0.0900. The lowest BCUT2D eigenvalue weighted by Crippen LogP contribution is -2.35. The number of carbonyl (C=O) groups excluding carboxylic acids is 2. The number of rotatable bonds is 6. The van der Waals surface area contributed by atoms with Gasteiger partial charge in [-0.25, -0.2) is 0 Å². The number of phenols is 1. The van der Waals surface area contributed by atoms with Gasteiger partial charge in [-0.1, -0.05) is 24.3 Å². The standard InChI is InChI=1S/C19H22N2O3/c22-15-4-1-3-12(9-15)11-20-7-2-8-21-18(23)16-13-5-6-14(10-13)17(16)19(21)24/h1,3-6,9,13-14,16-17,20,22H,2,7-8,10-11H2. The number of allylic oxidation sites excluding steroid dienone is 2. The van der Waals surface area contributed by atoms with Gasteiger partial charge < -0.3 is 10.4 Å². The summed E-state index contributed by atoms with van der Waals surface area (Å²) in [6, 6.07) is 7.14. The highest BCUT2D eigenvalue weighted by Gasteiger charge is 2.58. The number of fused-ring (bicyclic) bond motifs is 5. The van der Waals surface area contributed by atoms with E-state index in [1.807, 2.05) is 12.1 Å². The van der Waals surface area contributed by atoms with Crippen LogP contribution >= 0.6 is 0 Å². The summed E-state index contributed by atoms with van der Waals surface area (Å²) in [5.74, 6) is 0.721. The van der Waals surface area contributed by atoms with E-state index in [4.69, 9.17) is 0 Å². The van der Waals surface area contributed by atoms with Crippen LogP contribution in [0.3, 0.4) is 0 Å². The number of nitrogens with one attached hydrogen (secondary N) is 1. The Balaban J connectivity index is 1.25. The van der Waals surface area contributed by atoms with Crippen molar-refractivity contribution in [1.29, 1.82) is 0 Å². The molecule has 1 aromatic rings. The molecule has 2 fully saturated rings. The predicted molar refractivity (Wildman–Crippen MR) is 88.9 cm³/mol. The molecule has 4 unspecified atom stereocenters. The normalized spacial score (nSPS) is 30.4. The molecule has 4 rings (SSSR count). The highest BCUT2D eigenvalue weighted by atomic mass is 16.3. The number of amides is 2. The van der Waals surface area contributed by atoms with Crippen molar-refractivity contribution < 1.29 is 14.7 Å². The van der Waals surface area contributed by atoms with E-state index in [1.54, 1.807) is 12.1 Å². The Hall–Kier alpha value is -2.14. The topological polar surface area (TPSA) is 69.6 Å². The summed E-state index contributed by atoms with van der Waals surface area (Å²) in [5.41, 5.74) is 1.01. The van der Waals surface area contributed by atoms with Crippen molar-refractivity contribution in [3.05, 3.63) is 42.0 Å². The van der Waals surface area contributed by atoms with Crippen LogP contribution in [0, 0.1) is 23.7 Å². The average Bonchev–Trinajstić information content (AvgIpc) is 3.23. The van der Waals surface area contributed by atoms with Gasteiger partial charge >= 0.3 is 0 Å². The van der Waals surface area contributed by atoms with E-state index < -0.39 is 0 Å². The molecule has 4 atom stereocenters. The Morgan fingerprint density at radius 1 is 1.12 bits per heavy atom. The van der Waals surface area contributed by atoms with Crippen LogP contribution in [0.15, 0.2) is 36.4 Å². The van der Waals surface area contributed by atoms with E-state index in [-0.39, 0.29) is 41.2 Å². The van der Waals surface area contributed by atoms with E-state index >= 15 is 0 Å². The van der Waals surface area contributed by atoms with Gasteiger partial charge in [0.2, 0.25) is 11.8 Å². The predicted octanol–water partition coefficient (Wildman–Crippen LogP) is 1.68. The summed E-state index contributed by atoms with van der Waals surface area (Å²) in [6.07, 6.45) is 5.97. The van der Waals surface area contributed by atoms with Crippen LogP contribution in [0.1, 0.15) is 18.4 Å². The molecule has 0 radical (unpaired) electrons.